The van der Waals surface area contributed by atoms with E-state index in [4.69, 9.17) is 21.1 Å². The predicted octanol–water partition coefficient (Wildman–Crippen LogP) is 2.32. The SMILES string of the molecule is COC(=O)c1cc2cc(Cl)cc(Cn3cncn3)c2nc1OC. The number of rotatable bonds is 4. The van der Waals surface area contributed by atoms with Crippen LogP contribution in [0.4, 0.5) is 0 Å². The Kier molecular flexibility index (Phi) is 4.12. The van der Waals surface area contributed by atoms with Crippen LogP contribution in [0.15, 0.2) is 30.9 Å². The van der Waals surface area contributed by atoms with E-state index in [9.17, 15) is 4.79 Å². The van der Waals surface area contributed by atoms with Crippen molar-refractivity contribution in [3.63, 3.8) is 0 Å². The Hall–Kier alpha value is -2.67. The number of pyridine rings is 1. The molecule has 1 aromatic carbocycles. The Labute approximate surface area is 136 Å². The van der Waals surface area contributed by atoms with Crippen molar-refractivity contribution in [2.45, 2.75) is 6.54 Å². The lowest BCUT2D eigenvalue weighted by molar-refractivity contribution is 0.0596. The number of hydrogen-bond acceptors (Lipinski definition) is 6. The molecule has 0 fully saturated rings. The summed E-state index contributed by atoms with van der Waals surface area (Å²) < 4.78 is 11.6. The standard InChI is InChI=1S/C15H13ClN4O3/c1-22-14-12(15(21)23-2)5-9-3-11(16)4-10(13(9)19-14)6-20-8-17-7-18-20/h3-5,7-8H,6H2,1-2H3. The minimum absolute atomic E-state index is 0.200. The average Bonchev–Trinajstić information content (AvgIpc) is 3.05. The molecule has 3 aromatic rings. The molecule has 3 rings (SSSR count). The quantitative estimate of drug-likeness (QED) is 0.682. The number of fused-ring (bicyclic) bond motifs is 1. The first-order valence-electron chi connectivity index (χ1n) is 6.70. The second-order valence-corrected chi connectivity index (χ2v) is 5.20. The van der Waals surface area contributed by atoms with Crippen LogP contribution in [0.5, 0.6) is 5.88 Å². The molecule has 0 unspecified atom stereocenters. The summed E-state index contributed by atoms with van der Waals surface area (Å²) in [4.78, 5) is 20.2. The van der Waals surface area contributed by atoms with Crippen LogP contribution in [0.1, 0.15) is 15.9 Å². The van der Waals surface area contributed by atoms with E-state index in [-0.39, 0.29) is 11.4 Å². The summed E-state index contributed by atoms with van der Waals surface area (Å²) in [5, 5.41) is 5.33. The first-order valence-corrected chi connectivity index (χ1v) is 7.08. The van der Waals surface area contributed by atoms with Gasteiger partial charge in [-0.3, -0.25) is 0 Å². The minimum atomic E-state index is -0.519. The van der Waals surface area contributed by atoms with Gasteiger partial charge in [-0.1, -0.05) is 11.6 Å². The summed E-state index contributed by atoms with van der Waals surface area (Å²) >= 11 is 6.18. The first-order chi connectivity index (χ1) is 11.1. The number of aromatic nitrogens is 4. The fourth-order valence-electron chi connectivity index (χ4n) is 2.33. The van der Waals surface area contributed by atoms with Gasteiger partial charge in [0.05, 0.1) is 26.3 Å². The third-order valence-electron chi connectivity index (χ3n) is 3.32. The van der Waals surface area contributed by atoms with Crippen molar-refractivity contribution in [3.8, 4) is 5.88 Å². The summed E-state index contributed by atoms with van der Waals surface area (Å²) in [5.74, 6) is -0.319. The minimum Gasteiger partial charge on any atom is -0.480 e. The van der Waals surface area contributed by atoms with E-state index in [1.165, 1.54) is 20.5 Å². The lowest BCUT2D eigenvalue weighted by Crippen LogP contribution is -2.07. The Morgan fingerprint density at radius 3 is 2.78 bits per heavy atom. The first kappa shape index (κ1) is 15.2. The highest BCUT2D eigenvalue weighted by atomic mass is 35.5. The number of benzene rings is 1. The molecule has 0 saturated heterocycles. The van der Waals surface area contributed by atoms with Crippen LogP contribution in [-0.4, -0.2) is 39.9 Å². The normalized spacial score (nSPS) is 10.7. The fourth-order valence-corrected chi connectivity index (χ4v) is 2.57. The number of esters is 1. The number of halogens is 1. The Balaban J connectivity index is 2.19. The number of hydrogen-bond donors (Lipinski definition) is 0. The maximum absolute atomic E-state index is 11.9. The van der Waals surface area contributed by atoms with Crippen LogP contribution in [0.2, 0.25) is 5.02 Å². The average molecular weight is 333 g/mol. The van der Waals surface area contributed by atoms with Crippen LogP contribution < -0.4 is 4.74 Å². The van der Waals surface area contributed by atoms with E-state index in [0.29, 0.717) is 22.5 Å². The van der Waals surface area contributed by atoms with Gasteiger partial charge in [-0.25, -0.2) is 19.4 Å². The molecule has 0 aliphatic rings. The Morgan fingerprint density at radius 1 is 1.30 bits per heavy atom. The summed E-state index contributed by atoms with van der Waals surface area (Å²) in [6.45, 7) is 0.449. The van der Waals surface area contributed by atoms with E-state index in [1.54, 1.807) is 29.2 Å². The van der Waals surface area contributed by atoms with Gasteiger partial charge in [0.25, 0.3) is 0 Å². The van der Waals surface area contributed by atoms with Gasteiger partial charge in [0.2, 0.25) is 5.88 Å². The lowest BCUT2D eigenvalue weighted by atomic mass is 10.1. The van der Waals surface area contributed by atoms with Gasteiger partial charge in [-0.2, -0.15) is 5.10 Å². The summed E-state index contributed by atoms with van der Waals surface area (Å²) in [6.07, 6.45) is 3.06. The molecule has 23 heavy (non-hydrogen) atoms. The van der Waals surface area contributed by atoms with Gasteiger partial charge in [0.1, 0.15) is 18.2 Å². The fraction of sp³-hybridized carbons (Fsp3) is 0.200. The van der Waals surface area contributed by atoms with Crippen LogP contribution in [0.3, 0.4) is 0 Å². The molecule has 8 heteroatoms. The zero-order valence-electron chi connectivity index (χ0n) is 12.5. The monoisotopic (exact) mass is 332 g/mol. The van der Waals surface area contributed by atoms with Crippen molar-refractivity contribution in [1.82, 2.24) is 19.7 Å². The number of nitrogens with zero attached hydrogens (tertiary/aromatic N) is 4. The third-order valence-corrected chi connectivity index (χ3v) is 3.54. The van der Waals surface area contributed by atoms with Crippen molar-refractivity contribution in [2.24, 2.45) is 0 Å². The highest BCUT2D eigenvalue weighted by Crippen LogP contribution is 2.28. The maximum Gasteiger partial charge on any atom is 0.343 e. The highest BCUT2D eigenvalue weighted by molar-refractivity contribution is 6.31. The van der Waals surface area contributed by atoms with Gasteiger partial charge < -0.3 is 9.47 Å². The zero-order chi connectivity index (χ0) is 16.4. The van der Waals surface area contributed by atoms with Crippen LogP contribution in [0, 0.1) is 0 Å². The van der Waals surface area contributed by atoms with Crippen molar-refractivity contribution in [3.05, 3.63) is 47.0 Å². The predicted molar refractivity (Wildman–Crippen MR) is 83.8 cm³/mol. The second-order valence-electron chi connectivity index (χ2n) is 4.77. The summed E-state index contributed by atoms with van der Waals surface area (Å²) in [5.41, 5.74) is 1.76. The van der Waals surface area contributed by atoms with E-state index >= 15 is 0 Å². The number of carbonyl (C=O) groups is 1. The van der Waals surface area contributed by atoms with Gasteiger partial charge in [-0.05, 0) is 18.2 Å². The molecule has 0 saturated carbocycles. The highest BCUT2D eigenvalue weighted by Gasteiger charge is 2.17. The smallest absolute Gasteiger partial charge is 0.343 e. The van der Waals surface area contributed by atoms with Crippen molar-refractivity contribution in [2.75, 3.05) is 14.2 Å². The maximum atomic E-state index is 11.9. The Morgan fingerprint density at radius 2 is 2.13 bits per heavy atom. The number of ether oxygens (including phenoxy) is 2. The van der Waals surface area contributed by atoms with Crippen molar-refractivity contribution < 1.29 is 14.3 Å². The molecule has 0 atom stereocenters. The molecule has 118 valence electrons. The van der Waals surface area contributed by atoms with Crippen LogP contribution in [0.25, 0.3) is 10.9 Å². The van der Waals surface area contributed by atoms with Crippen LogP contribution >= 0.6 is 11.6 Å². The van der Waals surface area contributed by atoms with Crippen LogP contribution in [-0.2, 0) is 11.3 Å². The molecular formula is C15H13ClN4O3. The van der Waals surface area contributed by atoms with Crippen molar-refractivity contribution >= 4 is 28.5 Å². The second kappa shape index (κ2) is 6.21. The molecule has 0 amide bonds. The van der Waals surface area contributed by atoms with E-state index < -0.39 is 5.97 Å². The summed E-state index contributed by atoms with van der Waals surface area (Å²) in [6, 6.07) is 5.19. The zero-order valence-corrected chi connectivity index (χ0v) is 13.2. The topological polar surface area (TPSA) is 79.1 Å². The van der Waals surface area contributed by atoms with E-state index in [1.807, 2.05) is 0 Å². The van der Waals surface area contributed by atoms with Gasteiger partial charge >= 0.3 is 5.97 Å². The lowest BCUT2D eigenvalue weighted by Gasteiger charge is -2.11. The van der Waals surface area contributed by atoms with Gasteiger partial charge in [-0.15, -0.1) is 0 Å². The third kappa shape index (κ3) is 2.95. The van der Waals surface area contributed by atoms with Gasteiger partial charge in [0, 0.05) is 16.0 Å². The molecule has 0 radical (unpaired) electrons. The number of methoxy groups -OCH3 is 2. The molecule has 7 nitrogen and oxygen atoms in total. The molecule has 0 aliphatic carbocycles. The van der Waals surface area contributed by atoms with E-state index in [2.05, 4.69) is 15.1 Å². The molecule has 2 heterocycles. The van der Waals surface area contributed by atoms with Crippen molar-refractivity contribution in [1.29, 1.82) is 0 Å². The molecule has 0 spiro atoms. The van der Waals surface area contributed by atoms with E-state index in [0.717, 1.165) is 5.56 Å². The molecule has 2 aromatic heterocycles. The molecule has 0 aliphatic heterocycles. The number of carbonyl (C=O) groups excluding carboxylic acids is 1. The van der Waals surface area contributed by atoms with Gasteiger partial charge in [0.15, 0.2) is 0 Å². The molecular weight excluding hydrogens is 320 g/mol. The molecule has 0 N–H and O–H groups in total. The molecule has 0 bridgehead atoms. The summed E-state index contributed by atoms with van der Waals surface area (Å²) in [7, 11) is 2.76. The largest absolute Gasteiger partial charge is 0.480 e. The Bertz CT molecular complexity index is 865.